The molecule has 1 aromatic carbocycles. The zero-order chi connectivity index (χ0) is 15.6. The smallest absolute Gasteiger partial charge is 0.231 e. The first-order valence-electron chi connectivity index (χ1n) is 7.80. The predicted octanol–water partition coefficient (Wildman–Crippen LogP) is 4.02. The Balaban J connectivity index is 1.91. The fraction of sp³-hybridized carbons (Fsp3) is 0.389. The molecule has 0 bridgehead atoms. The summed E-state index contributed by atoms with van der Waals surface area (Å²) < 4.78 is 0. The van der Waals surface area contributed by atoms with Gasteiger partial charge in [-0.1, -0.05) is 38.0 Å². The van der Waals surface area contributed by atoms with Crippen molar-refractivity contribution in [3.63, 3.8) is 0 Å². The lowest BCUT2D eigenvalue weighted by molar-refractivity contribution is -0.130. The number of carbonyl (C=O) groups excluding carboxylic acids is 1. The Hall–Kier alpha value is -2.41. The molecule has 0 atom stereocenters. The van der Waals surface area contributed by atoms with E-state index in [1.165, 1.54) is 0 Å². The number of nitrogens with zero attached hydrogens (tertiary/aromatic N) is 2. The third kappa shape index (κ3) is 2.43. The van der Waals surface area contributed by atoms with Crippen LogP contribution in [0, 0.1) is 16.7 Å². The van der Waals surface area contributed by atoms with E-state index in [0.29, 0.717) is 11.4 Å². The van der Waals surface area contributed by atoms with Crippen molar-refractivity contribution in [2.45, 2.75) is 39.0 Å². The zero-order valence-corrected chi connectivity index (χ0v) is 12.7. The maximum atomic E-state index is 12.6. The van der Waals surface area contributed by atoms with E-state index < -0.39 is 0 Å². The summed E-state index contributed by atoms with van der Waals surface area (Å²) in [5.41, 5.74) is 1.04. The monoisotopic (exact) mass is 293 g/mol. The number of anilines is 1. The highest BCUT2D eigenvalue weighted by molar-refractivity contribution is 5.97. The molecule has 1 amide bonds. The lowest BCUT2D eigenvalue weighted by Gasteiger charge is -2.40. The Morgan fingerprint density at radius 1 is 1.41 bits per heavy atom. The van der Waals surface area contributed by atoms with Crippen molar-refractivity contribution in [3.05, 3.63) is 35.9 Å². The van der Waals surface area contributed by atoms with Gasteiger partial charge in [0.15, 0.2) is 0 Å². The Labute approximate surface area is 130 Å². The molecule has 1 saturated carbocycles. The summed E-state index contributed by atoms with van der Waals surface area (Å²) in [5.74, 6) is 0.523. The fourth-order valence-corrected chi connectivity index (χ4v) is 3.25. The molecule has 0 radical (unpaired) electrons. The summed E-state index contributed by atoms with van der Waals surface area (Å²) in [4.78, 5) is 17.1. The molecule has 1 aliphatic rings. The second kappa shape index (κ2) is 5.76. The standard InChI is InChI=1S/C18H19N3O/c1-2-8-18(9-5-10-18)17(22)21-16-11-13(12-19)14-6-3-4-7-15(14)20-16/h3-4,6-7,11H,2,5,8-10H2,1H3,(H,20,21,22). The number of nitriles is 1. The minimum atomic E-state index is -0.227. The van der Waals surface area contributed by atoms with E-state index in [4.69, 9.17) is 0 Å². The number of para-hydroxylation sites is 1. The number of hydrogen-bond acceptors (Lipinski definition) is 3. The Bertz CT molecular complexity index is 757. The number of rotatable bonds is 4. The average molecular weight is 293 g/mol. The predicted molar refractivity (Wildman–Crippen MR) is 86.3 cm³/mol. The van der Waals surface area contributed by atoms with Crippen molar-refractivity contribution < 1.29 is 4.79 Å². The van der Waals surface area contributed by atoms with Crippen LogP contribution in [0.5, 0.6) is 0 Å². The minimum Gasteiger partial charge on any atom is -0.310 e. The van der Waals surface area contributed by atoms with Gasteiger partial charge in [-0.15, -0.1) is 0 Å². The molecule has 4 nitrogen and oxygen atoms in total. The molecule has 0 spiro atoms. The number of aromatic nitrogens is 1. The molecule has 1 fully saturated rings. The van der Waals surface area contributed by atoms with Crippen LogP contribution < -0.4 is 5.32 Å². The minimum absolute atomic E-state index is 0.0484. The second-order valence-corrected chi connectivity index (χ2v) is 6.02. The summed E-state index contributed by atoms with van der Waals surface area (Å²) in [7, 11) is 0. The van der Waals surface area contributed by atoms with E-state index in [1.807, 2.05) is 24.3 Å². The number of pyridine rings is 1. The Kier molecular flexibility index (Phi) is 3.81. The lowest BCUT2D eigenvalue weighted by atomic mass is 9.65. The SMILES string of the molecule is CCCC1(C(=O)Nc2cc(C#N)c3ccccc3n2)CCC1. The van der Waals surface area contributed by atoms with E-state index in [2.05, 4.69) is 23.3 Å². The molecule has 1 heterocycles. The summed E-state index contributed by atoms with van der Waals surface area (Å²) in [5, 5.41) is 13.1. The molecule has 0 saturated heterocycles. The highest BCUT2D eigenvalue weighted by Crippen LogP contribution is 2.45. The van der Waals surface area contributed by atoms with Crippen LogP contribution >= 0.6 is 0 Å². The summed E-state index contributed by atoms with van der Waals surface area (Å²) in [6, 6.07) is 11.3. The first-order valence-corrected chi connectivity index (χ1v) is 7.80. The van der Waals surface area contributed by atoms with Crippen molar-refractivity contribution in [1.29, 1.82) is 5.26 Å². The maximum absolute atomic E-state index is 12.6. The molecule has 22 heavy (non-hydrogen) atoms. The van der Waals surface area contributed by atoms with Crippen LogP contribution in [-0.2, 0) is 4.79 Å². The van der Waals surface area contributed by atoms with E-state index >= 15 is 0 Å². The van der Waals surface area contributed by atoms with Gasteiger partial charge in [-0.3, -0.25) is 4.79 Å². The molecule has 1 N–H and O–H groups in total. The number of nitrogens with one attached hydrogen (secondary N) is 1. The van der Waals surface area contributed by atoms with Gasteiger partial charge in [0.1, 0.15) is 5.82 Å². The van der Waals surface area contributed by atoms with Crippen LogP contribution in [0.2, 0.25) is 0 Å². The Morgan fingerprint density at radius 3 is 2.82 bits per heavy atom. The van der Waals surface area contributed by atoms with Gasteiger partial charge in [0, 0.05) is 10.8 Å². The van der Waals surface area contributed by atoms with Crippen LogP contribution in [0.4, 0.5) is 5.82 Å². The van der Waals surface area contributed by atoms with E-state index in [9.17, 15) is 10.1 Å². The highest BCUT2D eigenvalue weighted by Gasteiger charge is 2.43. The summed E-state index contributed by atoms with van der Waals surface area (Å²) >= 11 is 0. The molecule has 0 aliphatic heterocycles. The van der Waals surface area contributed by atoms with Crippen LogP contribution in [0.25, 0.3) is 10.9 Å². The maximum Gasteiger partial charge on any atom is 0.231 e. The topological polar surface area (TPSA) is 65.8 Å². The zero-order valence-electron chi connectivity index (χ0n) is 12.7. The van der Waals surface area contributed by atoms with Gasteiger partial charge in [0.2, 0.25) is 5.91 Å². The van der Waals surface area contributed by atoms with Crippen molar-refractivity contribution in [2.75, 3.05) is 5.32 Å². The molecule has 0 unspecified atom stereocenters. The first kappa shape index (κ1) is 14.5. The molecular weight excluding hydrogens is 274 g/mol. The van der Waals surface area contributed by atoms with Gasteiger partial charge in [-0.25, -0.2) is 4.98 Å². The lowest BCUT2D eigenvalue weighted by Crippen LogP contribution is -2.42. The van der Waals surface area contributed by atoms with Gasteiger partial charge >= 0.3 is 0 Å². The van der Waals surface area contributed by atoms with Crippen molar-refractivity contribution in [3.8, 4) is 6.07 Å². The van der Waals surface area contributed by atoms with Crippen LogP contribution in [0.3, 0.4) is 0 Å². The number of amides is 1. The average Bonchev–Trinajstić information content (AvgIpc) is 2.49. The molecule has 1 aromatic heterocycles. The second-order valence-electron chi connectivity index (χ2n) is 6.02. The quantitative estimate of drug-likeness (QED) is 0.926. The first-order chi connectivity index (χ1) is 10.7. The fourth-order valence-electron chi connectivity index (χ4n) is 3.25. The number of fused-ring (bicyclic) bond motifs is 1. The van der Waals surface area contributed by atoms with E-state index in [1.54, 1.807) is 6.07 Å². The molecular formula is C18H19N3O. The van der Waals surface area contributed by atoms with Crippen LogP contribution in [0.1, 0.15) is 44.6 Å². The van der Waals surface area contributed by atoms with Crippen molar-refractivity contribution in [2.24, 2.45) is 5.41 Å². The number of benzene rings is 1. The molecule has 4 heteroatoms. The van der Waals surface area contributed by atoms with Gasteiger partial charge in [-0.2, -0.15) is 5.26 Å². The summed E-state index contributed by atoms with van der Waals surface area (Å²) in [6.45, 7) is 2.11. The highest BCUT2D eigenvalue weighted by atomic mass is 16.2. The van der Waals surface area contributed by atoms with Crippen LogP contribution in [0.15, 0.2) is 30.3 Å². The van der Waals surface area contributed by atoms with E-state index in [-0.39, 0.29) is 11.3 Å². The van der Waals surface area contributed by atoms with Gasteiger partial charge in [0.25, 0.3) is 0 Å². The third-order valence-corrected chi connectivity index (χ3v) is 4.60. The van der Waals surface area contributed by atoms with Gasteiger partial charge in [-0.05, 0) is 31.4 Å². The number of hydrogen-bond donors (Lipinski definition) is 1. The Morgan fingerprint density at radius 2 is 2.18 bits per heavy atom. The van der Waals surface area contributed by atoms with Gasteiger partial charge < -0.3 is 5.32 Å². The van der Waals surface area contributed by atoms with Gasteiger partial charge in [0.05, 0.1) is 17.1 Å². The molecule has 1 aliphatic carbocycles. The largest absolute Gasteiger partial charge is 0.310 e. The molecule has 112 valence electrons. The molecule has 3 rings (SSSR count). The number of carbonyl (C=O) groups is 1. The van der Waals surface area contributed by atoms with Crippen molar-refractivity contribution in [1.82, 2.24) is 4.98 Å². The van der Waals surface area contributed by atoms with E-state index in [0.717, 1.165) is 43.0 Å². The van der Waals surface area contributed by atoms with Crippen LogP contribution in [-0.4, -0.2) is 10.9 Å². The normalized spacial score (nSPS) is 15.8. The summed E-state index contributed by atoms with van der Waals surface area (Å²) in [6.07, 6.45) is 4.93. The van der Waals surface area contributed by atoms with Crippen molar-refractivity contribution >= 4 is 22.6 Å². The third-order valence-electron chi connectivity index (χ3n) is 4.60. The molecule has 2 aromatic rings.